The first-order valence-electron chi connectivity index (χ1n) is 7.34. The molecule has 2 aromatic carbocycles. The van der Waals surface area contributed by atoms with E-state index in [9.17, 15) is 0 Å². The van der Waals surface area contributed by atoms with Crippen LogP contribution in [-0.4, -0.2) is 7.05 Å². The first-order chi connectivity index (χ1) is 10.7. The molecule has 0 atom stereocenters. The number of rotatable bonds is 1. The summed E-state index contributed by atoms with van der Waals surface area (Å²) in [6, 6.07) is 18.6. The van der Waals surface area contributed by atoms with Crippen LogP contribution in [-0.2, 0) is 7.05 Å². The number of fused-ring (bicyclic) bond motifs is 2. The molecule has 23 heavy (non-hydrogen) atoms. The van der Waals surface area contributed by atoms with Crippen LogP contribution in [0.4, 0.5) is 5.69 Å². The highest BCUT2D eigenvalue weighted by molar-refractivity contribution is 5.86. The molecule has 0 saturated carbocycles. The molecule has 116 valence electrons. The molecule has 1 aromatic heterocycles. The van der Waals surface area contributed by atoms with Crippen molar-refractivity contribution < 1.29 is 33.3 Å². The number of anilines is 1. The first-order valence-corrected chi connectivity index (χ1v) is 7.34. The zero-order valence-corrected chi connectivity index (χ0v) is 15.2. The van der Waals surface area contributed by atoms with Crippen molar-refractivity contribution in [1.29, 1.82) is 0 Å². The minimum atomic E-state index is 0. The molecule has 3 aromatic rings. The van der Waals surface area contributed by atoms with Gasteiger partial charge in [-0.2, -0.15) is 0 Å². The SMILES string of the molecule is CN1C(=Cc2cc[n+](C)c3ccccc23)Oc2ccccc21.[I-]. The molecule has 1 aliphatic rings. The van der Waals surface area contributed by atoms with E-state index >= 15 is 0 Å². The highest BCUT2D eigenvalue weighted by Gasteiger charge is 2.22. The molecule has 0 bridgehead atoms. The van der Waals surface area contributed by atoms with E-state index in [2.05, 4.69) is 65.2 Å². The molecule has 0 saturated heterocycles. The Hall–Kier alpha value is -2.08. The number of hydrogen-bond donors (Lipinski definition) is 0. The van der Waals surface area contributed by atoms with Crippen LogP contribution in [0.2, 0.25) is 0 Å². The van der Waals surface area contributed by atoms with Crippen LogP contribution < -0.4 is 38.2 Å². The van der Waals surface area contributed by atoms with Crippen LogP contribution in [0.25, 0.3) is 17.0 Å². The van der Waals surface area contributed by atoms with Crippen molar-refractivity contribution in [3.05, 3.63) is 72.2 Å². The van der Waals surface area contributed by atoms with E-state index < -0.39 is 0 Å². The van der Waals surface area contributed by atoms with Gasteiger partial charge in [-0.3, -0.25) is 0 Å². The molecule has 1 aliphatic heterocycles. The number of nitrogens with zero attached hydrogens (tertiary/aromatic N) is 2. The Bertz CT molecular complexity index is 905. The zero-order chi connectivity index (χ0) is 15.1. The lowest BCUT2D eigenvalue weighted by atomic mass is 10.1. The Morgan fingerprint density at radius 3 is 2.57 bits per heavy atom. The summed E-state index contributed by atoms with van der Waals surface area (Å²) in [5, 5.41) is 1.22. The van der Waals surface area contributed by atoms with Crippen molar-refractivity contribution in [2.45, 2.75) is 0 Å². The molecular formula is C19H17IN2O. The smallest absolute Gasteiger partial charge is 0.212 e. The third kappa shape index (κ3) is 2.67. The Balaban J connectivity index is 0.00000156. The fourth-order valence-corrected chi connectivity index (χ4v) is 2.89. The Morgan fingerprint density at radius 1 is 1.00 bits per heavy atom. The van der Waals surface area contributed by atoms with Gasteiger partial charge in [-0.25, -0.2) is 4.57 Å². The molecular weight excluding hydrogens is 399 g/mol. The largest absolute Gasteiger partial charge is 1.00 e. The zero-order valence-electron chi connectivity index (χ0n) is 13.0. The highest BCUT2D eigenvalue weighted by atomic mass is 127. The van der Waals surface area contributed by atoms with Gasteiger partial charge in [-0.05, 0) is 23.8 Å². The van der Waals surface area contributed by atoms with Gasteiger partial charge in [-0.15, -0.1) is 0 Å². The summed E-state index contributed by atoms with van der Waals surface area (Å²) >= 11 is 0. The highest BCUT2D eigenvalue weighted by Crippen LogP contribution is 2.38. The van der Waals surface area contributed by atoms with Gasteiger partial charge < -0.3 is 33.6 Å². The fraction of sp³-hybridized carbons (Fsp3) is 0.105. The van der Waals surface area contributed by atoms with Gasteiger partial charge in [-0.1, -0.05) is 24.3 Å². The number of aryl methyl sites for hydroxylation is 1. The normalized spacial score (nSPS) is 14.5. The number of benzene rings is 2. The van der Waals surface area contributed by atoms with Crippen LogP contribution in [0.1, 0.15) is 5.56 Å². The molecule has 0 spiro atoms. The standard InChI is InChI=1S/C19H17N2O.HI/c1-20-12-11-14(15-7-3-4-8-16(15)20)13-19-21(2)17-9-5-6-10-18(17)22-19;/h3-13H,1-2H3;1H/q+1;/p-1. The van der Waals surface area contributed by atoms with Gasteiger partial charge in [0.2, 0.25) is 11.4 Å². The van der Waals surface area contributed by atoms with E-state index in [-0.39, 0.29) is 24.0 Å². The van der Waals surface area contributed by atoms with Crippen molar-refractivity contribution in [2.24, 2.45) is 7.05 Å². The molecule has 4 heteroatoms. The van der Waals surface area contributed by atoms with Gasteiger partial charge in [0.15, 0.2) is 11.9 Å². The van der Waals surface area contributed by atoms with Crippen molar-refractivity contribution >= 4 is 22.7 Å². The van der Waals surface area contributed by atoms with Gasteiger partial charge in [0.1, 0.15) is 7.05 Å². The summed E-state index contributed by atoms with van der Waals surface area (Å²) in [6.07, 6.45) is 4.18. The number of para-hydroxylation sites is 3. The van der Waals surface area contributed by atoms with E-state index in [1.165, 1.54) is 10.9 Å². The lowest BCUT2D eigenvalue weighted by Gasteiger charge is -2.11. The molecule has 0 aliphatic carbocycles. The second-order valence-electron chi connectivity index (χ2n) is 5.51. The van der Waals surface area contributed by atoms with Gasteiger partial charge in [0, 0.05) is 25.3 Å². The molecule has 4 rings (SSSR count). The minimum absolute atomic E-state index is 0. The van der Waals surface area contributed by atoms with Crippen LogP contribution >= 0.6 is 0 Å². The van der Waals surface area contributed by atoms with Crippen molar-refractivity contribution in [3.63, 3.8) is 0 Å². The third-order valence-electron chi connectivity index (χ3n) is 4.12. The van der Waals surface area contributed by atoms with Crippen LogP contribution in [0.5, 0.6) is 5.75 Å². The summed E-state index contributed by atoms with van der Waals surface area (Å²) in [7, 11) is 4.09. The van der Waals surface area contributed by atoms with Gasteiger partial charge in [0.25, 0.3) is 0 Å². The van der Waals surface area contributed by atoms with Crippen molar-refractivity contribution in [2.75, 3.05) is 11.9 Å². The number of aromatic nitrogens is 1. The summed E-state index contributed by atoms with van der Waals surface area (Å²) < 4.78 is 8.11. The summed E-state index contributed by atoms with van der Waals surface area (Å²) in [6.45, 7) is 0. The lowest BCUT2D eigenvalue weighted by molar-refractivity contribution is -0.644. The van der Waals surface area contributed by atoms with Crippen LogP contribution in [0.15, 0.2) is 66.7 Å². The Kier molecular flexibility index (Phi) is 4.26. The topological polar surface area (TPSA) is 16.4 Å². The van der Waals surface area contributed by atoms with Gasteiger partial charge >= 0.3 is 0 Å². The lowest BCUT2D eigenvalue weighted by Crippen LogP contribution is -3.00. The summed E-state index contributed by atoms with van der Waals surface area (Å²) in [5.74, 6) is 1.75. The maximum atomic E-state index is 5.98. The summed E-state index contributed by atoms with van der Waals surface area (Å²) in [5.41, 5.74) is 3.46. The van der Waals surface area contributed by atoms with E-state index in [1.54, 1.807) is 0 Å². The second-order valence-corrected chi connectivity index (χ2v) is 5.51. The fourth-order valence-electron chi connectivity index (χ4n) is 2.89. The molecule has 2 heterocycles. The van der Waals surface area contributed by atoms with E-state index in [4.69, 9.17) is 4.74 Å². The number of pyridine rings is 1. The average molecular weight is 416 g/mol. The summed E-state index contributed by atoms with van der Waals surface area (Å²) in [4.78, 5) is 2.08. The molecule has 0 radical (unpaired) electrons. The molecule has 0 unspecified atom stereocenters. The van der Waals surface area contributed by atoms with E-state index in [0.717, 1.165) is 22.9 Å². The molecule has 0 N–H and O–H groups in total. The quantitative estimate of drug-likeness (QED) is 0.425. The third-order valence-corrected chi connectivity index (χ3v) is 4.12. The van der Waals surface area contributed by atoms with Crippen molar-refractivity contribution in [3.8, 4) is 5.75 Å². The number of halogens is 1. The monoisotopic (exact) mass is 416 g/mol. The molecule has 0 amide bonds. The van der Waals surface area contributed by atoms with Crippen LogP contribution in [0.3, 0.4) is 0 Å². The molecule has 0 fully saturated rings. The minimum Gasteiger partial charge on any atom is -1.00 e. The first kappa shape index (κ1) is 15.8. The Morgan fingerprint density at radius 2 is 1.74 bits per heavy atom. The predicted octanol–water partition coefficient (Wildman–Crippen LogP) is 0.496. The number of ether oxygens (including phenoxy) is 1. The Labute approximate surface area is 152 Å². The second kappa shape index (κ2) is 6.20. The van der Waals surface area contributed by atoms with Gasteiger partial charge in [0.05, 0.1) is 11.1 Å². The molecule has 3 nitrogen and oxygen atoms in total. The van der Waals surface area contributed by atoms with Crippen LogP contribution in [0, 0.1) is 0 Å². The van der Waals surface area contributed by atoms with Crippen molar-refractivity contribution in [1.82, 2.24) is 0 Å². The average Bonchev–Trinajstić information content (AvgIpc) is 2.87. The van der Waals surface area contributed by atoms with E-state index in [1.807, 2.05) is 25.2 Å². The van der Waals surface area contributed by atoms with E-state index in [0.29, 0.717) is 0 Å². The predicted molar refractivity (Wildman–Crippen MR) is 88.6 cm³/mol. The maximum Gasteiger partial charge on any atom is 0.212 e. The maximum absolute atomic E-state index is 5.98. The number of hydrogen-bond acceptors (Lipinski definition) is 2.